The number of alkyl halides is 3. The van der Waals surface area contributed by atoms with Crippen molar-refractivity contribution in [2.75, 3.05) is 0 Å². The molecule has 0 aliphatic rings. The highest BCUT2D eigenvalue weighted by atomic mass is 19.4. The fourth-order valence-electron chi connectivity index (χ4n) is 2.21. The molecule has 0 saturated carbocycles. The average molecular weight is 302 g/mol. The van der Waals surface area contributed by atoms with Gasteiger partial charge in [-0.2, -0.15) is 23.5 Å². The van der Waals surface area contributed by atoms with E-state index in [0.29, 0.717) is 10.1 Å². The molecule has 0 amide bonds. The number of rotatable bonds is 1. The average Bonchev–Trinajstić information content (AvgIpc) is 2.81. The molecule has 3 aromatic rings. The van der Waals surface area contributed by atoms with Crippen molar-refractivity contribution in [1.29, 1.82) is 5.26 Å². The number of hydrogen-bond acceptors (Lipinski definition) is 3. The van der Waals surface area contributed by atoms with Gasteiger partial charge < -0.3 is 0 Å². The van der Waals surface area contributed by atoms with E-state index in [1.807, 2.05) is 6.07 Å². The molecule has 0 unspecified atom stereocenters. The Bertz CT molecular complexity index is 889. The van der Waals surface area contributed by atoms with Gasteiger partial charge in [0, 0.05) is 5.56 Å². The van der Waals surface area contributed by atoms with Crippen molar-refractivity contribution >= 4 is 5.65 Å². The van der Waals surface area contributed by atoms with Crippen LogP contribution in [0.1, 0.15) is 17.0 Å². The largest absolute Gasteiger partial charge is 0.433 e. The van der Waals surface area contributed by atoms with E-state index in [4.69, 9.17) is 5.26 Å². The Balaban J connectivity index is 2.40. The third-order valence-corrected chi connectivity index (χ3v) is 3.24. The van der Waals surface area contributed by atoms with Crippen LogP contribution in [0.15, 0.2) is 36.4 Å². The van der Waals surface area contributed by atoms with Crippen molar-refractivity contribution in [3.63, 3.8) is 0 Å². The van der Waals surface area contributed by atoms with E-state index in [9.17, 15) is 13.2 Å². The Labute approximate surface area is 123 Å². The van der Waals surface area contributed by atoms with E-state index < -0.39 is 11.9 Å². The van der Waals surface area contributed by atoms with Gasteiger partial charge in [-0.1, -0.05) is 30.3 Å². The summed E-state index contributed by atoms with van der Waals surface area (Å²) in [6.45, 7) is 1.48. The normalized spacial score (nSPS) is 11.6. The van der Waals surface area contributed by atoms with Gasteiger partial charge in [-0.05, 0) is 13.0 Å². The second-order valence-electron chi connectivity index (χ2n) is 4.70. The van der Waals surface area contributed by atoms with Gasteiger partial charge in [-0.15, -0.1) is 0 Å². The Kier molecular flexibility index (Phi) is 3.10. The van der Waals surface area contributed by atoms with Crippen LogP contribution in [-0.2, 0) is 6.18 Å². The smallest absolute Gasteiger partial charge is 0.227 e. The zero-order valence-corrected chi connectivity index (χ0v) is 11.4. The summed E-state index contributed by atoms with van der Waals surface area (Å²) in [5.74, 6) is 0. The van der Waals surface area contributed by atoms with Crippen molar-refractivity contribution in [3.05, 3.63) is 53.3 Å². The summed E-state index contributed by atoms with van der Waals surface area (Å²) in [7, 11) is 0. The summed E-state index contributed by atoms with van der Waals surface area (Å²) in [6, 6.07) is 11.3. The molecule has 3 rings (SSSR count). The highest BCUT2D eigenvalue weighted by molar-refractivity contribution is 5.66. The quantitative estimate of drug-likeness (QED) is 0.690. The molecule has 2 aromatic heterocycles. The molecule has 0 spiro atoms. The topological polar surface area (TPSA) is 54.0 Å². The van der Waals surface area contributed by atoms with E-state index in [1.165, 1.54) is 6.92 Å². The molecule has 0 radical (unpaired) electrons. The zero-order valence-electron chi connectivity index (χ0n) is 11.4. The SMILES string of the molecule is Cc1nn2c(C(F)(F)F)cc(-c3ccccc3)nc2c1C#N. The van der Waals surface area contributed by atoms with Gasteiger partial charge in [0.25, 0.3) is 0 Å². The third kappa shape index (κ3) is 2.19. The summed E-state index contributed by atoms with van der Waals surface area (Å²) in [6.07, 6.45) is -4.60. The molecule has 22 heavy (non-hydrogen) atoms. The minimum Gasteiger partial charge on any atom is -0.227 e. The number of aryl methyl sites for hydroxylation is 1. The molecule has 1 aromatic carbocycles. The summed E-state index contributed by atoms with van der Waals surface area (Å²) >= 11 is 0. The Morgan fingerprint density at radius 2 is 1.86 bits per heavy atom. The molecule has 2 heterocycles. The molecule has 0 aliphatic heterocycles. The predicted molar refractivity (Wildman–Crippen MR) is 72.9 cm³/mol. The maximum Gasteiger partial charge on any atom is 0.433 e. The second kappa shape index (κ2) is 4.84. The first-order valence-electron chi connectivity index (χ1n) is 6.35. The van der Waals surface area contributed by atoms with Crippen LogP contribution in [0.4, 0.5) is 13.2 Å². The summed E-state index contributed by atoms with van der Waals surface area (Å²) in [4.78, 5) is 4.19. The van der Waals surface area contributed by atoms with Gasteiger partial charge in [-0.25, -0.2) is 9.50 Å². The maximum absolute atomic E-state index is 13.3. The van der Waals surface area contributed by atoms with E-state index in [-0.39, 0.29) is 22.6 Å². The monoisotopic (exact) mass is 302 g/mol. The molecule has 4 nitrogen and oxygen atoms in total. The molecule has 0 atom stereocenters. The Morgan fingerprint density at radius 1 is 1.18 bits per heavy atom. The van der Waals surface area contributed by atoms with E-state index in [1.54, 1.807) is 30.3 Å². The van der Waals surface area contributed by atoms with Crippen LogP contribution in [-0.4, -0.2) is 14.6 Å². The van der Waals surface area contributed by atoms with Gasteiger partial charge in [0.05, 0.1) is 11.4 Å². The van der Waals surface area contributed by atoms with Crippen LogP contribution in [0.2, 0.25) is 0 Å². The molecule has 110 valence electrons. The van der Waals surface area contributed by atoms with Crippen LogP contribution in [0.5, 0.6) is 0 Å². The van der Waals surface area contributed by atoms with Crippen molar-refractivity contribution in [3.8, 4) is 17.3 Å². The molecule has 7 heteroatoms. The van der Waals surface area contributed by atoms with E-state index >= 15 is 0 Å². The van der Waals surface area contributed by atoms with Crippen molar-refractivity contribution in [2.45, 2.75) is 13.1 Å². The first kappa shape index (κ1) is 14.1. The lowest BCUT2D eigenvalue weighted by atomic mass is 10.1. The highest BCUT2D eigenvalue weighted by Gasteiger charge is 2.36. The first-order chi connectivity index (χ1) is 10.4. The standard InChI is InChI=1S/C15H9F3N4/c1-9-11(8-19)14-20-12(10-5-3-2-4-6-10)7-13(15(16,17)18)22(14)21-9/h2-7H,1H3. The number of halogens is 3. The summed E-state index contributed by atoms with van der Waals surface area (Å²) in [5, 5.41) is 12.9. The molecule has 0 fully saturated rings. The zero-order chi connectivity index (χ0) is 15.9. The first-order valence-corrected chi connectivity index (χ1v) is 6.35. The van der Waals surface area contributed by atoms with Crippen molar-refractivity contribution in [1.82, 2.24) is 14.6 Å². The molecule has 0 bridgehead atoms. The van der Waals surface area contributed by atoms with Crippen molar-refractivity contribution in [2.24, 2.45) is 0 Å². The van der Waals surface area contributed by atoms with Crippen LogP contribution < -0.4 is 0 Å². The van der Waals surface area contributed by atoms with Gasteiger partial charge in [0.2, 0.25) is 0 Å². The summed E-state index contributed by atoms with van der Waals surface area (Å²) < 4.78 is 40.5. The Morgan fingerprint density at radius 3 is 2.45 bits per heavy atom. The van der Waals surface area contributed by atoms with E-state index in [0.717, 1.165) is 6.07 Å². The Hall–Kier alpha value is -2.88. The van der Waals surface area contributed by atoms with Crippen LogP contribution in [0, 0.1) is 18.3 Å². The summed E-state index contributed by atoms with van der Waals surface area (Å²) in [5.41, 5.74) is -0.0984. The van der Waals surface area contributed by atoms with Gasteiger partial charge in [0.15, 0.2) is 11.3 Å². The lowest BCUT2D eigenvalue weighted by molar-refractivity contribution is -0.142. The molecule has 0 saturated heterocycles. The lowest BCUT2D eigenvalue weighted by Gasteiger charge is -2.11. The van der Waals surface area contributed by atoms with E-state index in [2.05, 4.69) is 10.1 Å². The van der Waals surface area contributed by atoms with Crippen LogP contribution >= 0.6 is 0 Å². The lowest BCUT2D eigenvalue weighted by Crippen LogP contribution is -2.13. The number of hydrogen-bond donors (Lipinski definition) is 0. The second-order valence-corrected chi connectivity index (χ2v) is 4.70. The fourth-order valence-corrected chi connectivity index (χ4v) is 2.21. The number of benzene rings is 1. The van der Waals surface area contributed by atoms with Crippen molar-refractivity contribution < 1.29 is 13.2 Å². The highest BCUT2D eigenvalue weighted by Crippen LogP contribution is 2.33. The number of nitriles is 1. The van der Waals surface area contributed by atoms with Gasteiger partial charge in [0.1, 0.15) is 11.6 Å². The van der Waals surface area contributed by atoms with Crippen LogP contribution in [0.25, 0.3) is 16.9 Å². The number of aromatic nitrogens is 3. The van der Waals surface area contributed by atoms with Crippen LogP contribution in [0.3, 0.4) is 0 Å². The van der Waals surface area contributed by atoms with Gasteiger partial charge >= 0.3 is 6.18 Å². The molecule has 0 N–H and O–H groups in total. The molecular weight excluding hydrogens is 293 g/mol. The minimum atomic E-state index is -4.60. The number of fused-ring (bicyclic) bond motifs is 1. The molecular formula is C15H9F3N4. The number of nitrogens with zero attached hydrogens (tertiary/aromatic N) is 4. The fraction of sp³-hybridized carbons (Fsp3) is 0.133. The third-order valence-electron chi connectivity index (χ3n) is 3.24. The predicted octanol–water partition coefficient (Wildman–Crippen LogP) is 3.60. The van der Waals surface area contributed by atoms with Gasteiger partial charge in [-0.3, -0.25) is 0 Å². The minimum absolute atomic E-state index is 0.0447. The maximum atomic E-state index is 13.3. The molecule has 0 aliphatic carbocycles.